The van der Waals surface area contributed by atoms with E-state index in [0.29, 0.717) is 11.3 Å². The maximum atomic E-state index is 13.8. The van der Waals surface area contributed by atoms with E-state index in [4.69, 9.17) is 5.73 Å². The van der Waals surface area contributed by atoms with Crippen LogP contribution < -0.4 is 5.73 Å². The lowest BCUT2D eigenvalue weighted by molar-refractivity contribution is 0.309. The third kappa shape index (κ3) is 2.53. The Bertz CT molecular complexity index is 612. The van der Waals surface area contributed by atoms with Crippen molar-refractivity contribution in [1.29, 1.82) is 0 Å². The van der Waals surface area contributed by atoms with Gasteiger partial charge in [-0.05, 0) is 49.6 Å². The zero-order chi connectivity index (χ0) is 14.1. The van der Waals surface area contributed by atoms with Crippen LogP contribution in [0.2, 0.25) is 0 Å². The van der Waals surface area contributed by atoms with Crippen LogP contribution in [0, 0.1) is 11.7 Å². The molecule has 3 rings (SSSR count). The van der Waals surface area contributed by atoms with Gasteiger partial charge in [0.2, 0.25) is 0 Å². The Balaban J connectivity index is 1.84. The number of likely N-dealkylation sites (tertiary alicyclic amines) is 1. The third-order valence-corrected chi connectivity index (χ3v) is 4.25. The maximum Gasteiger partial charge on any atom is 0.132 e. The van der Waals surface area contributed by atoms with Gasteiger partial charge < -0.3 is 5.73 Å². The number of halogens is 1. The Hall–Kier alpha value is -1.52. The molecule has 0 bridgehead atoms. The van der Waals surface area contributed by atoms with Crippen molar-refractivity contribution in [3.63, 3.8) is 0 Å². The SMILES string of the molecule is CC(N)C1CCN(Cc2ccc(F)c3cccnc23)C1. The van der Waals surface area contributed by atoms with Crippen LogP contribution in [-0.2, 0) is 6.54 Å². The molecule has 20 heavy (non-hydrogen) atoms. The quantitative estimate of drug-likeness (QED) is 0.934. The fourth-order valence-corrected chi connectivity index (χ4v) is 3.00. The van der Waals surface area contributed by atoms with Crippen LogP contribution in [0.15, 0.2) is 30.5 Å². The second-order valence-electron chi connectivity index (χ2n) is 5.75. The van der Waals surface area contributed by atoms with Gasteiger partial charge in [0, 0.05) is 30.7 Å². The summed E-state index contributed by atoms with van der Waals surface area (Å²) in [5.74, 6) is 0.362. The minimum Gasteiger partial charge on any atom is -0.328 e. The second kappa shape index (κ2) is 5.46. The minimum absolute atomic E-state index is 0.202. The highest BCUT2D eigenvalue weighted by Gasteiger charge is 2.25. The molecule has 1 aliphatic rings. The number of fused-ring (bicyclic) bond motifs is 1. The molecule has 0 spiro atoms. The Labute approximate surface area is 118 Å². The lowest BCUT2D eigenvalue weighted by atomic mass is 10.0. The average Bonchev–Trinajstić information content (AvgIpc) is 2.91. The standard InChI is InChI=1S/C16H20FN3/c1-11(18)12-6-8-20(9-12)10-13-4-5-15(17)14-3-2-7-19-16(13)14/h2-5,7,11-12H,6,8-10,18H2,1H3. The fourth-order valence-electron chi connectivity index (χ4n) is 3.00. The highest BCUT2D eigenvalue weighted by molar-refractivity contribution is 5.82. The van der Waals surface area contributed by atoms with Gasteiger partial charge in [0.25, 0.3) is 0 Å². The van der Waals surface area contributed by atoms with Crippen molar-refractivity contribution in [1.82, 2.24) is 9.88 Å². The molecule has 0 radical (unpaired) electrons. The normalized spacial score (nSPS) is 21.4. The van der Waals surface area contributed by atoms with Crippen LogP contribution in [0.25, 0.3) is 10.9 Å². The number of rotatable bonds is 3. The summed E-state index contributed by atoms with van der Waals surface area (Å²) in [5, 5.41) is 0.605. The molecule has 2 atom stereocenters. The van der Waals surface area contributed by atoms with E-state index in [9.17, 15) is 4.39 Å². The Kier molecular flexibility index (Phi) is 3.68. The molecule has 106 valence electrons. The highest BCUT2D eigenvalue weighted by Crippen LogP contribution is 2.24. The summed E-state index contributed by atoms with van der Waals surface area (Å²) in [7, 11) is 0. The third-order valence-electron chi connectivity index (χ3n) is 4.25. The molecule has 1 aliphatic heterocycles. The van der Waals surface area contributed by atoms with E-state index in [1.54, 1.807) is 24.4 Å². The van der Waals surface area contributed by atoms with Gasteiger partial charge in [-0.25, -0.2) is 4.39 Å². The minimum atomic E-state index is -0.202. The largest absolute Gasteiger partial charge is 0.328 e. The van der Waals surface area contributed by atoms with Crippen LogP contribution in [0.1, 0.15) is 18.9 Å². The van der Waals surface area contributed by atoms with Crippen molar-refractivity contribution in [2.75, 3.05) is 13.1 Å². The van der Waals surface area contributed by atoms with E-state index in [0.717, 1.165) is 37.1 Å². The van der Waals surface area contributed by atoms with Gasteiger partial charge in [-0.1, -0.05) is 6.07 Å². The van der Waals surface area contributed by atoms with Gasteiger partial charge in [0.15, 0.2) is 0 Å². The predicted octanol–water partition coefficient (Wildman–Crippen LogP) is 2.54. The van der Waals surface area contributed by atoms with Crippen molar-refractivity contribution < 1.29 is 4.39 Å². The van der Waals surface area contributed by atoms with Gasteiger partial charge in [-0.15, -0.1) is 0 Å². The second-order valence-corrected chi connectivity index (χ2v) is 5.75. The number of hydrogen-bond acceptors (Lipinski definition) is 3. The molecule has 1 aromatic carbocycles. The molecule has 0 aliphatic carbocycles. The van der Waals surface area contributed by atoms with Crippen molar-refractivity contribution in [3.05, 3.63) is 41.8 Å². The summed E-state index contributed by atoms with van der Waals surface area (Å²) >= 11 is 0. The van der Waals surface area contributed by atoms with Gasteiger partial charge >= 0.3 is 0 Å². The summed E-state index contributed by atoms with van der Waals surface area (Å²) in [5.41, 5.74) is 7.84. The van der Waals surface area contributed by atoms with Gasteiger partial charge in [0.1, 0.15) is 5.82 Å². The first-order valence-corrected chi connectivity index (χ1v) is 7.15. The van der Waals surface area contributed by atoms with Crippen LogP contribution in [-0.4, -0.2) is 29.0 Å². The maximum absolute atomic E-state index is 13.8. The molecule has 2 heterocycles. The monoisotopic (exact) mass is 273 g/mol. The summed E-state index contributed by atoms with van der Waals surface area (Å²) in [6.45, 7) is 4.96. The van der Waals surface area contributed by atoms with Crippen molar-refractivity contribution in [2.45, 2.75) is 25.9 Å². The molecule has 3 nitrogen and oxygen atoms in total. The number of benzene rings is 1. The zero-order valence-corrected chi connectivity index (χ0v) is 11.7. The van der Waals surface area contributed by atoms with E-state index in [1.165, 1.54) is 0 Å². The molecule has 0 amide bonds. The van der Waals surface area contributed by atoms with Crippen LogP contribution in [0.4, 0.5) is 4.39 Å². The number of nitrogens with zero attached hydrogens (tertiary/aromatic N) is 2. The first-order chi connectivity index (χ1) is 9.65. The molecule has 1 fully saturated rings. The van der Waals surface area contributed by atoms with Crippen molar-refractivity contribution >= 4 is 10.9 Å². The lowest BCUT2D eigenvalue weighted by Gasteiger charge is -2.18. The molecule has 2 aromatic rings. The summed E-state index contributed by atoms with van der Waals surface area (Å²) in [4.78, 5) is 6.73. The highest BCUT2D eigenvalue weighted by atomic mass is 19.1. The van der Waals surface area contributed by atoms with E-state index in [1.807, 2.05) is 6.07 Å². The van der Waals surface area contributed by atoms with Crippen molar-refractivity contribution in [2.24, 2.45) is 11.7 Å². The van der Waals surface area contributed by atoms with E-state index in [2.05, 4.69) is 16.8 Å². The fraction of sp³-hybridized carbons (Fsp3) is 0.438. The zero-order valence-electron chi connectivity index (χ0n) is 11.7. The van der Waals surface area contributed by atoms with E-state index in [-0.39, 0.29) is 11.9 Å². The number of pyridine rings is 1. The smallest absolute Gasteiger partial charge is 0.132 e. The Morgan fingerprint density at radius 1 is 1.45 bits per heavy atom. The van der Waals surface area contributed by atoms with Gasteiger partial charge in [0.05, 0.1) is 5.52 Å². The Morgan fingerprint density at radius 3 is 3.05 bits per heavy atom. The Morgan fingerprint density at radius 2 is 2.30 bits per heavy atom. The molecule has 2 N–H and O–H groups in total. The first kappa shape index (κ1) is 13.5. The number of aromatic nitrogens is 1. The molecular formula is C16H20FN3. The molecule has 0 saturated carbocycles. The van der Waals surface area contributed by atoms with Crippen LogP contribution in [0.5, 0.6) is 0 Å². The van der Waals surface area contributed by atoms with Crippen molar-refractivity contribution in [3.8, 4) is 0 Å². The summed E-state index contributed by atoms with van der Waals surface area (Å²) in [6.07, 6.45) is 2.87. The number of hydrogen-bond donors (Lipinski definition) is 1. The molecule has 1 aromatic heterocycles. The lowest BCUT2D eigenvalue weighted by Crippen LogP contribution is -2.29. The first-order valence-electron chi connectivity index (χ1n) is 7.15. The molecular weight excluding hydrogens is 253 g/mol. The van der Waals surface area contributed by atoms with Gasteiger partial charge in [-0.2, -0.15) is 0 Å². The topological polar surface area (TPSA) is 42.1 Å². The number of nitrogens with two attached hydrogens (primary N) is 1. The van der Waals surface area contributed by atoms with Crippen LogP contribution >= 0.6 is 0 Å². The molecule has 1 saturated heterocycles. The van der Waals surface area contributed by atoms with Crippen LogP contribution in [0.3, 0.4) is 0 Å². The molecule has 4 heteroatoms. The van der Waals surface area contributed by atoms with E-state index >= 15 is 0 Å². The molecule has 2 unspecified atom stereocenters. The summed E-state index contributed by atoms with van der Waals surface area (Å²) < 4.78 is 13.8. The van der Waals surface area contributed by atoms with Gasteiger partial charge in [-0.3, -0.25) is 9.88 Å². The summed E-state index contributed by atoms with van der Waals surface area (Å²) in [6, 6.07) is 7.19. The predicted molar refractivity (Wildman–Crippen MR) is 78.7 cm³/mol. The average molecular weight is 273 g/mol. The van der Waals surface area contributed by atoms with E-state index < -0.39 is 0 Å².